The Bertz CT molecular complexity index is 417. The second kappa shape index (κ2) is 5.14. The van der Waals surface area contributed by atoms with Gasteiger partial charge in [0.1, 0.15) is 6.04 Å². The predicted molar refractivity (Wildman–Crippen MR) is 68.5 cm³/mol. The smallest absolute Gasteiger partial charge is 0.238 e. The van der Waals surface area contributed by atoms with Crippen molar-refractivity contribution in [3.8, 4) is 0 Å². The van der Waals surface area contributed by atoms with Crippen LogP contribution in [0.3, 0.4) is 0 Å². The molecule has 0 aromatic rings. The molecule has 2 unspecified atom stereocenters. The van der Waals surface area contributed by atoms with E-state index in [0.29, 0.717) is 19.4 Å². The van der Waals surface area contributed by atoms with Crippen LogP contribution in [-0.2, 0) is 14.8 Å². The van der Waals surface area contributed by atoms with Crippen LogP contribution in [-0.4, -0.2) is 54.2 Å². The Morgan fingerprint density at radius 1 is 1.50 bits per heavy atom. The minimum absolute atomic E-state index is 0.344. The quantitative estimate of drug-likeness (QED) is 0.738. The number of carbonyl (C=O) groups is 1. The molecule has 0 aromatic carbocycles. The molecule has 1 aliphatic rings. The Morgan fingerprint density at radius 2 is 2.06 bits per heavy atom. The molecule has 1 aliphatic heterocycles. The molecule has 106 valence electrons. The second-order valence-corrected chi connectivity index (χ2v) is 7.35. The van der Waals surface area contributed by atoms with Crippen molar-refractivity contribution in [1.29, 1.82) is 0 Å². The lowest BCUT2D eigenvalue weighted by Gasteiger charge is -2.32. The van der Waals surface area contributed by atoms with E-state index in [0.717, 1.165) is 6.26 Å². The van der Waals surface area contributed by atoms with Gasteiger partial charge in [-0.15, -0.1) is 0 Å². The van der Waals surface area contributed by atoms with Crippen molar-refractivity contribution in [3.63, 3.8) is 0 Å². The normalized spacial score (nSPS) is 23.9. The summed E-state index contributed by atoms with van der Waals surface area (Å²) in [6.07, 6.45) is 1.60. The van der Waals surface area contributed by atoms with Gasteiger partial charge in [0.15, 0.2) is 0 Å². The molecule has 2 atom stereocenters. The Morgan fingerprint density at radius 3 is 2.50 bits per heavy atom. The van der Waals surface area contributed by atoms with Gasteiger partial charge in [-0.2, -0.15) is 4.31 Å². The maximum atomic E-state index is 12.1. The number of rotatable bonds is 4. The topological polar surface area (TPSA) is 86.7 Å². The molecule has 1 heterocycles. The van der Waals surface area contributed by atoms with Gasteiger partial charge in [-0.3, -0.25) is 4.79 Å². The number of hydrogen-bond acceptors (Lipinski definition) is 4. The summed E-state index contributed by atoms with van der Waals surface area (Å²) in [6.45, 7) is 5.37. The number of amides is 1. The van der Waals surface area contributed by atoms with Gasteiger partial charge in [-0.25, -0.2) is 8.42 Å². The van der Waals surface area contributed by atoms with E-state index in [-0.39, 0.29) is 5.91 Å². The molecule has 0 aliphatic carbocycles. The average molecular weight is 278 g/mol. The molecule has 1 saturated heterocycles. The van der Waals surface area contributed by atoms with Crippen molar-refractivity contribution >= 4 is 15.9 Å². The van der Waals surface area contributed by atoms with E-state index in [1.165, 1.54) is 4.31 Å². The maximum absolute atomic E-state index is 12.1. The highest BCUT2D eigenvalue weighted by Crippen LogP contribution is 2.21. The fourth-order valence-electron chi connectivity index (χ4n) is 1.90. The van der Waals surface area contributed by atoms with Crippen LogP contribution in [0.4, 0.5) is 0 Å². The highest BCUT2D eigenvalue weighted by molar-refractivity contribution is 7.88. The third-order valence-electron chi connectivity index (χ3n) is 3.42. The summed E-state index contributed by atoms with van der Waals surface area (Å²) in [5, 5.41) is 12.3. The molecule has 7 heteroatoms. The highest BCUT2D eigenvalue weighted by Gasteiger charge is 2.38. The van der Waals surface area contributed by atoms with Crippen molar-refractivity contribution in [2.75, 3.05) is 12.8 Å². The molecule has 0 spiro atoms. The monoisotopic (exact) mass is 278 g/mol. The third-order valence-corrected chi connectivity index (χ3v) is 4.71. The van der Waals surface area contributed by atoms with E-state index >= 15 is 0 Å². The molecule has 0 radical (unpaired) electrons. The Balaban J connectivity index is 2.79. The average Bonchev–Trinajstić information content (AvgIpc) is 2.63. The zero-order valence-electron chi connectivity index (χ0n) is 11.3. The number of aliphatic hydroxyl groups excluding tert-OH is 1. The number of nitrogens with zero attached hydrogens (tertiary/aromatic N) is 1. The largest absolute Gasteiger partial charge is 0.391 e. The highest BCUT2D eigenvalue weighted by atomic mass is 32.2. The molecule has 1 amide bonds. The summed E-state index contributed by atoms with van der Waals surface area (Å²) in [7, 11) is -3.36. The Kier molecular flexibility index (Phi) is 4.40. The van der Waals surface area contributed by atoms with Gasteiger partial charge >= 0.3 is 0 Å². The number of carbonyl (C=O) groups excluding carboxylic acids is 1. The molecule has 1 fully saturated rings. The number of sulfonamides is 1. The van der Waals surface area contributed by atoms with Crippen LogP contribution in [0.5, 0.6) is 0 Å². The van der Waals surface area contributed by atoms with E-state index in [1.807, 2.05) is 0 Å². The lowest BCUT2D eigenvalue weighted by Crippen LogP contribution is -2.56. The van der Waals surface area contributed by atoms with Crippen LogP contribution in [0.1, 0.15) is 33.6 Å². The van der Waals surface area contributed by atoms with Gasteiger partial charge in [0.05, 0.1) is 17.9 Å². The van der Waals surface area contributed by atoms with Gasteiger partial charge < -0.3 is 10.4 Å². The van der Waals surface area contributed by atoms with Crippen LogP contribution in [0, 0.1) is 0 Å². The summed E-state index contributed by atoms with van der Waals surface area (Å²) >= 11 is 0. The van der Waals surface area contributed by atoms with Gasteiger partial charge in [0.25, 0.3) is 0 Å². The molecule has 18 heavy (non-hydrogen) atoms. The van der Waals surface area contributed by atoms with Gasteiger partial charge in [0, 0.05) is 6.54 Å². The Hall–Kier alpha value is -0.660. The van der Waals surface area contributed by atoms with Crippen molar-refractivity contribution < 1.29 is 18.3 Å². The predicted octanol–water partition coefficient (Wildman–Crippen LogP) is -0.314. The first-order chi connectivity index (χ1) is 8.05. The SMILES string of the molecule is CC(O)C(C)(C)NC(=O)C1CCCN1S(C)(=O)=O. The second-order valence-electron chi connectivity index (χ2n) is 5.42. The molecule has 2 N–H and O–H groups in total. The van der Waals surface area contributed by atoms with E-state index in [2.05, 4.69) is 5.32 Å². The van der Waals surface area contributed by atoms with E-state index in [1.54, 1.807) is 20.8 Å². The first kappa shape index (κ1) is 15.4. The summed E-state index contributed by atoms with van der Waals surface area (Å²) in [5.74, 6) is -0.344. The summed E-state index contributed by atoms with van der Waals surface area (Å²) in [4.78, 5) is 12.1. The van der Waals surface area contributed by atoms with Gasteiger partial charge in [-0.1, -0.05) is 0 Å². The Labute approximate surface area is 108 Å². The van der Waals surface area contributed by atoms with E-state index in [9.17, 15) is 18.3 Å². The number of hydrogen-bond donors (Lipinski definition) is 2. The number of aliphatic hydroxyl groups is 1. The minimum Gasteiger partial charge on any atom is -0.391 e. The standard InChI is InChI=1S/C11H22N2O4S/c1-8(14)11(2,3)12-10(15)9-6-5-7-13(9)18(4,16)17/h8-9,14H,5-7H2,1-4H3,(H,12,15). The van der Waals surface area contributed by atoms with Crippen LogP contribution < -0.4 is 5.32 Å². The molecule has 1 rings (SSSR count). The van der Waals surface area contributed by atoms with Gasteiger partial charge in [-0.05, 0) is 33.6 Å². The van der Waals surface area contributed by atoms with Crippen LogP contribution in [0.25, 0.3) is 0 Å². The van der Waals surface area contributed by atoms with Crippen LogP contribution in [0.15, 0.2) is 0 Å². The van der Waals surface area contributed by atoms with E-state index in [4.69, 9.17) is 0 Å². The van der Waals surface area contributed by atoms with Crippen molar-refractivity contribution in [2.45, 2.75) is 51.3 Å². The lowest BCUT2D eigenvalue weighted by molar-refractivity contribution is -0.127. The minimum atomic E-state index is -3.36. The molecule has 0 bridgehead atoms. The van der Waals surface area contributed by atoms with Crippen LogP contribution >= 0.6 is 0 Å². The summed E-state index contributed by atoms with van der Waals surface area (Å²) in [5.41, 5.74) is -0.775. The fraction of sp³-hybridized carbons (Fsp3) is 0.909. The molecule has 6 nitrogen and oxygen atoms in total. The zero-order valence-corrected chi connectivity index (χ0v) is 12.1. The molecular formula is C11H22N2O4S. The first-order valence-corrected chi connectivity index (χ1v) is 7.87. The lowest BCUT2D eigenvalue weighted by atomic mass is 9.98. The van der Waals surface area contributed by atoms with Gasteiger partial charge in [0.2, 0.25) is 15.9 Å². The fourth-order valence-corrected chi connectivity index (χ4v) is 3.03. The van der Waals surface area contributed by atoms with Crippen LogP contribution in [0.2, 0.25) is 0 Å². The molecule has 0 saturated carbocycles. The maximum Gasteiger partial charge on any atom is 0.238 e. The number of nitrogens with one attached hydrogen (secondary N) is 1. The van der Waals surface area contributed by atoms with E-state index < -0.39 is 27.7 Å². The third kappa shape index (κ3) is 3.43. The summed E-state index contributed by atoms with van der Waals surface area (Å²) in [6, 6.07) is -0.655. The van der Waals surface area contributed by atoms with Crippen molar-refractivity contribution in [2.24, 2.45) is 0 Å². The van der Waals surface area contributed by atoms with Crippen molar-refractivity contribution in [1.82, 2.24) is 9.62 Å². The zero-order chi connectivity index (χ0) is 14.1. The summed E-state index contributed by atoms with van der Waals surface area (Å²) < 4.78 is 24.3. The first-order valence-electron chi connectivity index (χ1n) is 6.02. The molecular weight excluding hydrogens is 256 g/mol. The van der Waals surface area contributed by atoms with Crippen molar-refractivity contribution in [3.05, 3.63) is 0 Å². The molecule has 0 aromatic heterocycles.